The summed E-state index contributed by atoms with van der Waals surface area (Å²) in [5.41, 5.74) is 1.14. The van der Waals surface area contributed by atoms with Gasteiger partial charge in [-0.2, -0.15) is 32.2 Å². The van der Waals surface area contributed by atoms with Crippen molar-refractivity contribution in [2.45, 2.75) is 22.6 Å². The van der Waals surface area contributed by atoms with Crippen molar-refractivity contribution < 1.29 is 95.3 Å². The van der Waals surface area contributed by atoms with Gasteiger partial charge in [0.2, 0.25) is 0 Å². The molecular weight excluding hydrogens is 582 g/mol. The van der Waals surface area contributed by atoms with Gasteiger partial charge in [-0.3, -0.25) is 9.11 Å². The van der Waals surface area contributed by atoms with Gasteiger partial charge in [0.05, 0.1) is 32.5 Å². The number of benzene rings is 4. The molecule has 4 aromatic carbocycles. The molecule has 16 heteroatoms. The zero-order chi connectivity index (χ0) is 27.2. The molecule has 0 unspecified atom stereocenters. The van der Waals surface area contributed by atoms with Crippen LogP contribution in [0.2, 0.25) is 0 Å². The van der Waals surface area contributed by atoms with E-state index < -0.39 is 37.4 Å². The summed E-state index contributed by atoms with van der Waals surface area (Å²) in [6, 6.07) is 13.2. The SMILES string of the molecule is O=S(=O)(O)c1ccc(N=Nc2c([O-])ccc(N=Nc3ccc4c5c(c(S(=O)(=O)O)ccc35)CC4)c2[O-])cc1.[Na+].[Na+]. The van der Waals surface area contributed by atoms with Crippen LogP contribution in [0.1, 0.15) is 11.1 Å². The average Bonchev–Trinajstić information content (AvgIpc) is 3.28. The van der Waals surface area contributed by atoms with Crippen LogP contribution in [0.15, 0.2) is 90.9 Å². The average molecular weight is 599 g/mol. The molecule has 0 heterocycles. The molecule has 2 N–H and O–H groups in total. The summed E-state index contributed by atoms with van der Waals surface area (Å²) >= 11 is 0. The Hall–Kier alpha value is -2.24. The fraction of sp³-hybridized carbons (Fsp3) is 0.0833. The van der Waals surface area contributed by atoms with Crippen molar-refractivity contribution >= 4 is 53.8 Å². The zero-order valence-corrected chi connectivity index (χ0v) is 26.8. The molecule has 0 bridgehead atoms. The fourth-order valence-corrected chi connectivity index (χ4v) is 5.46. The van der Waals surface area contributed by atoms with Gasteiger partial charge in [-0.05, 0) is 71.8 Å². The Labute approximate surface area is 273 Å². The van der Waals surface area contributed by atoms with E-state index in [0.29, 0.717) is 34.9 Å². The minimum Gasteiger partial charge on any atom is -0.871 e. The number of nitrogens with zero attached hydrogens (tertiary/aromatic N) is 4. The van der Waals surface area contributed by atoms with Gasteiger partial charge in [0.15, 0.2) is 0 Å². The van der Waals surface area contributed by atoms with E-state index in [1.54, 1.807) is 12.1 Å². The molecule has 0 saturated carbocycles. The van der Waals surface area contributed by atoms with Crippen LogP contribution in [-0.2, 0) is 33.1 Å². The Kier molecular flexibility index (Phi) is 9.94. The fourth-order valence-electron chi connectivity index (χ4n) is 4.22. The Morgan fingerprint density at radius 2 is 1.32 bits per heavy atom. The number of azo groups is 2. The zero-order valence-electron chi connectivity index (χ0n) is 21.1. The van der Waals surface area contributed by atoms with Gasteiger partial charge in [0.25, 0.3) is 20.2 Å². The number of aryl methyl sites for hydroxylation is 2. The minimum atomic E-state index is -4.40. The number of hydrogen-bond acceptors (Lipinski definition) is 10. The molecule has 0 radical (unpaired) electrons. The third-order valence-corrected chi connectivity index (χ3v) is 7.78. The van der Waals surface area contributed by atoms with Gasteiger partial charge in [0.1, 0.15) is 0 Å². The molecule has 0 atom stereocenters. The van der Waals surface area contributed by atoms with Crippen molar-refractivity contribution in [3.63, 3.8) is 0 Å². The van der Waals surface area contributed by atoms with Crippen molar-refractivity contribution in [2.75, 3.05) is 0 Å². The van der Waals surface area contributed by atoms with Crippen molar-refractivity contribution in [3.8, 4) is 11.5 Å². The predicted octanol–water partition coefficient (Wildman–Crippen LogP) is -1.58. The van der Waals surface area contributed by atoms with E-state index in [1.165, 1.54) is 30.3 Å². The van der Waals surface area contributed by atoms with E-state index in [0.717, 1.165) is 23.8 Å². The van der Waals surface area contributed by atoms with Gasteiger partial charge in [0, 0.05) is 5.39 Å². The third-order valence-electron chi connectivity index (χ3n) is 5.97. The van der Waals surface area contributed by atoms with Crippen molar-refractivity contribution in [2.24, 2.45) is 20.5 Å². The molecule has 1 aliphatic carbocycles. The Bertz CT molecular complexity index is 1900. The molecule has 0 fully saturated rings. The van der Waals surface area contributed by atoms with Crippen LogP contribution >= 0.6 is 0 Å². The molecule has 5 rings (SSSR count). The monoisotopic (exact) mass is 598 g/mol. The molecule has 194 valence electrons. The van der Waals surface area contributed by atoms with Crippen LogP contribution in [-0.4, -0.2) is 25.9 Å². The van der Waals surface area contributed by atoms with E-state index in [2.05, 4.69) is 20.5 Å². The van der Waals surface area contributed by atoms with Gasteiger partial charge in [-0.25, -0.2) is 0 Å². The molecule has 0 spiro atoms. The third kappa shape index (κ3) is 6.46. The van der Waals surface area contributed by atoms with Crippen LogP contribution in [0, 0.1) is 0 Å². The Balaban J connectivity index is 0.00000220. The summed E-state index contributed by atoms with van der Waals surface area (Å²) in [4.78, 5) is -0.515. The standard InChI is InChI=1S/C24H18N4O8S2.2Na/c29-20-11-10-19(24(30)23(20)28-25-14-3-5-15(6-4-14)37(31,32)33)27-26-18-9-2-13-1-7-17-21(38(34,35)36)12-8-16(18)22(13)17;;/h2-6,8-12,29-30H,1,7H2,(H,31,32,33)(H,34,35,36);;/q;2*+1/p-2. The van der Waals surface area contributed by atoms with E-state index in [4.69, 9.17) is 4.55 Å². The first kappa shape index (κ1) is 32.3. The maximum absolute atomic E-state index is 12.8. The summed E-state index contributed by atoms with van der Waals surface area (Å²) in [7, 11) is -8.79. The van der Waals surface area contributed by atoms with Gasteiger partial charge in [-0.1, -0.05) is 29.7 Å². The second kappa shape index (κ2) is 12.3. The van der Waals surface area contributed by atoms with Crippen molar-refractivity contribution in [1.29, 1.82) is 0 Å². The number of rotatable bonds is 6. The first-order valence-corrected chi connectivity index (χ1v) is 13.8. The minimum absolute atomic E-state index is 0. The summed E-state index contributed by atoms with van der Waals surface area (Å²) in [6.07, 6.45) is 1.03. The van der Waals surface area contributed by atoms with Crippen LogP contribution in [0.3, 0.4) is 0 Å². The van der Waals surface area contributed by atoms with E-state index >= 15 is 0 Å². The molecule has 0 aliphatic heterocycles. The normalized spacial score (nSPS) is 13.1. The number of hydrogen-bond donors (Lipinski definition) is 2. The molecule has 40 heavy (non-hydrogen) atoms. The molecule has 0 amide bonds. The van der Waals surface area contributed by atoms with Crippen LogP contribution in [0.5, 0.6) is 11.5 Å². The van der Waals surface area contributed by atoms with Crippen molar-refractivity contribution in [1.82, 2.24) is 0 Å². The molecule has 1 aliphatic rings. The van der Waals surface area contributed by atoms with Gasteiger partial charge < -0.3 is 10.2 Å². The van der Waals surface area contributed by atoms with Crippen molar-refractivity contribution in [3.05, 3.63) is 71.8 Å². The maximum Gasteiger partial charge on any atom is 1.00 e. The van der Waals surface area contributed by atoms with E-state index in [1.807, 2.05) is 0 Å². The van der Waals surface area contributed by atoms with Gasteiger partial charge in [-0.15, -0.1) is 5.11 Å². The molecular formula is C24H16N4Na2O8S2. The summed E-state index contributed by atoms with van der Waals surface area (Å²) < 4.78 is 64.4. The smallest absolute Gasteiger partial charge is 0.871 e. The molecule has 4 aromatic rings. The van der Waals surface area contributed by atoms with Gasteiger partial charge >= 0.3 is 59.1 Å². The first-order valence-electron chi connectivity index (χ1n) is 10.9. The summed E-state index contributed by atoms with van der Waals surface area (Å²) in [5, 5.41) is 41.9. The van der Waals surface area contributed by atoms with E-state index in [9.17, 15) is 31.6 Å². The second-order valence-electron chi connectivity index (χ2n) is 8.31. The van der Waals surface area contributed by atoms with Crippen LogP contribution in [0.25, 0.3) is 10.8 Å². The Morgan fingerprint density at radius 3 is 1.98 bits per heavy atom. The van der Waals surface area contributed by atoms with Crippen LogP contribution < -0.4 is 69.3 Å². The first-order chi connectivity index (χ1) is 17.9. The Morgan fingerprint density at radius 1 is 0.675 bits per heavy atom. The second-order valence-corrected chi connectivity index (χ2v) is 11.1. The molecule has 0 saturated heterocycles. The molecule has 12 nitrogen and oxygen atoms in total. The maximum atomic E-state index is 12.8. The molecule has 0 aromatic heterocycles. The largest absolute Gasteiger partial charge is 1.00 e. The topological polar surface area (TPSA) is 204 Å². The van der Waals surface area contributed by atoms with Crippen LogP contribution in [0.4, 0.5) is 22.7 Å². The quantitative estimate of drug-likeness (QED) is 0.150. The van der Waals surface area contributed by atoms with E-state index in [-0.39, 0.29) is 80.3 Å². The summed E-state index contributed by atoms with van der Waals surface area (Å²) in [6.45, 7) is 0. The predicted molar refractivity (Wildman–Crippen MR) is 131 cm³/mol. The summed E-state index contributed by atoms with van der Waals surface area (Å²) in [5.74, 6) is -1.55.